The summed E-state index contributed by atoms with van der Waals surface area (Å²) in [6, 6.07) is -0.491. The van der Waals surface area contributed by atoms with Gasteiger partial charge in [0.2, 0.25) is 5.88 Å². The molecule has 1 aromatic rings. The summed E-state index contributed by atoms with van der Waals surface area (Å²) < 4.78 is 101. The predicted molar refractivity (Wildman–Crippen MR) is 47.5 cm³/mol. The molecule has 118 valence electrons. The highest BCUT2D eigenvalue weighted by Crippen LogP contribution is 2.41. The second-order valence-electron chi connectivity index (χ2n) is 3.35. The number of nitro groups is 1. The average molecular weight is 326 g/mol. The quantitative estimate of drug-likeness (QED) is 0.481. The van der Waals surface area contributed by atoms with Gasteiger partial charge in [-0.2, -0.15) is 13.2 Å². The van der Waals surface area contributed by atoms with Crippen LogP contribution in [-0.4, -0.2) is 16.3 Å². The molecule has 0 bridgehead atoms. The lowest BCUT2D eigenvalue weighted by Gasteiger charge is -2.15. The molecule has 0 aromatic carbocycles. The van der Waals surface area contributed by atoms with Crippen molar-refractivity contribution in [2.75, 3.05) is 0 Å². The van der Waals surface area contributed by atoms with Gasteiger partial charge in [0.15, 0.2) is 5.69 Å². The first-order valence-electron chi connectivity index (χ1n) is 4.63. The van der Waals surface area contributed by atoms with Gasteiger partial charge < -0.3 is 4.74 Å². The van der Waals surface area contributed by atoms with E-state index in [4.69, 9.17) is 0 Å². The van der Waals surface area contributed by atoms with E-state index < -0.39 is 52.8 Å². The van der Waals surface area contributed by atoms with Crippen LogP contribution in [0.15, 0.2) is 6.07 Å². The van der Waals surface area contributed by atoms with Gasteiger partial charge in [0.05, 0.1) is 4.92 Å². The van der Waals surface area contributed by atoms with E-state index in [0.29, 0.717) is 0 Å². The van der Waals surface area contributed by atoms with E-state index in [1.54, 1.807) is 0 Å². The maximum Gasteiger partial charge on any atom is 0.574 e. The molecule has 0 aliphatic rings. The Morgan fingerprint density at radius 1 is 1.19 bits per heavy atom. The molecule has 0 amide bonds. The van der Waals surface area contributed by atoms with Crippen LogP contribution in [0.2, 0.25) is 0 Å². The summed E-state index contributed by atoms with van der Waals surface area (Å²) in [5, 5.41) is 10.4. The van der Waals surface area contributed by atoms with Crippen LogP contribution in [0.3, 0.4) is 0 Å². The van der Waals surface area contributed by atoms with Crippen LogP contribution in [-0.2, 0) is 6.18 Å². The zero-order valence-electron chi connectivity index (χ0n) is 9.30. The average Bonchev–Trinajstić information content (AvgIpc) is 2.23. The zero-order chi connectivity index (χ0) is 16.6. The molecule has 0 saturated carbocycles. The lowest BCUT2D eigenvalue weighted by molar-refractivity contribution is -0.387. The summed E-state index contributed by atoms with van der Waals surface area (Å²) in [5.74, 6) is -2.24. The SMILES string of the molecule is O=[N+]([O-])c1cc(C(F)(F)F)c(OC(F)(F)F)nc1C(F)F. The molecule has 1 rings (SSSR count). The highest BCUT2D eigenvalue weighted by Gasteiger charge is 2.43. The first kappa shape index (κ1) is 16.8. The molecule has 0 radical (unpaired) electrons. The number of halogens is 8. The Balaban J connectivity index is 3.60. The number of pyridine rings is 1. The molecule has 0 N–H and O–H groups in total. The monoisotopic (exact) mass is 326 g/mol. The van der Waals surface area contributed by atoms with Gasteiger partial charge in [-0.15, -0.1) is 13.2 Å². The van der Waals surface area contributed by atoms with Crippen molar-refractivity contribution in [1.29, 1.82) is 0 Å². The lowest BCUT2D eigenvalue weighted by atomic mass is 10.2. The van der Waals surface area contributed by atoms with Crippen LogP contribution in [0.5, 0.6) is 5.88 Å². The normalized spacial score (nSPS) is 12.6. The molecule has 0 unspecified atom stereocenters. The smallest absolute Gasteiger partial charge is 0.387 e. The second-order valence-corrected chi connectivity index (χ2v) is 3.35. The minimum Gasteiger partial charge on any atom is -0.387 e. The number of rotatable bonds is 3. The van der Waals surface area contributed by atoms with Gasteiger partial charge >= 0.3 is 12.5 Å². The predicted octanol–water partition coefficient (Wildman–Crippen LogP) is 3.84. The van der Waals surface area contributed by atoms with Gasteiger partial charge in [0.25, 0.3) is 12.1 Å². The van der Waals surface area contributed by atoms with Crippen molar-refractivity contribution in [1.82, 2.24) is 4.98 Å². The second kappa shape index (κ2) is 5.29. The third-order valence-corrected chi connectivity index (χ3v) is 1.92. The summed E-state index contributed by atoms with van der Waals surface area (Å²) >= 11 is 0. The maximum atomic E-state index is 12.5. The Morgan fingerprint density at radius 2 is 1.71 bits per heavy atom. The molecule has 13 heteroatoms. The summed E-state index contributed by atoms with van der Waals surface area (Å²) in [7, 11) is 0. The standard InChI is InChI=1S/C8H2F8N2O3/c9-5(10)4-3(18(19)20)1-2(7(11,12)13)6(17-4)21-8(14,15)16/h1,5H. The number of aromatic nitrogens is 1. The summed E-state index contributed by atoms with van der Waals surface area (Å²) in [5.41, 5.74) is -5.94. The Hall–Kier alpha value is -2.21. The molecule has 21 heavy (non-hydrogen) atoms. The van der Waals surface area contributed by atoms with E-state index in [1.807, 2.05) is 0 Å². The maximum absolute atomic E-state index is 12.5. The fourth-order valence-corrected chi connectivity index (χ4v) is 1.20. The molecular weight excluding hydrogens is 324 g/mol. The van der Waals surface area contributed by atoms with Crippen LogP contribution in [0.4, 0.5) is 40.8 Å². The van der Waals surface area contributed by atoms with Crippen molar-refractivity contribution in [3.63, 3.8) is 0 Å². The largest absolute Gasteiger partial charge is 0.574 e. The van der Waals surface area contributed by atoms with Crippen molar-refractivity contribution in [2.45, 2.75) is 19.0 Å². The molecule has 0 spiro atoms. The van der Waals surface area contributed by atoms with Crippen molar-refractivity contribution < 1.29 is 44.8 Å². The fraction of sp³-hybridized carbons (Fsp3) is 0.375. The first-order chi connectivity index (χ1) is 9.33. The van der Waals surface area contributed by atoms with E-state index in [0.717, 1.165) is 0 Å². The van der Waals surface area contributed by atoms with Crippen molar-refractivity contribution in [3.05, 3.63) is 27.4 Å². The van der Waals surface area contributed by atoms with E-state index in [2.05, 4.69) is 9.72 Å². The number of hydrogen-bond acceptors (Lipinski definition) is 4. The van der Waals surface area contributed by atoms with Crippen molar-refractivity contribution in [3.8, 4) is 5.88 Å². The van der Waals surface area contributed by atoms with Crippen LogP contribution in [0, 0.1) is 10.1 Å². The molecule has 0 aliphatic carbocycles. The van der Waals surface area contributed by atoms with Crippen LogP contribution in [0.25, 0.3) is 0 Å². The van der Waals surface area contributed by atoms with E-state index >= 15 is 0 Å². The van der Waals surface area contributed by atoms with Gasteiger partial charge in [-0.25, -0.2) is 13.8 Å². The Kier molecular flexibility index (Phi) is 4.24. The number of alkyl halides is 8. The van der Waals surface area contributed by atoms with Crippen molar-refractivity contribution >= 4 is 5.69 Å². The minimum atomic E-state index is -5.65. The van der Waals surface area contributed by atoms with Crippen molar-refractivity contribution in [2.24, 2.45) is 0 Å². The third-order valence-electron chi connectivity index (χ3n) is 1.92. The van der Waals surface area contributed by atoms with Gasteiger partial charge in [-0.3, -0.25) is 10.1 Å². The molecule has 0 fully saturated rings. The molecule has 0 atom stereocenters. The van der Waals surface area contributed by atoms with Gasteiger partial charge in [-0.1, -0.05) is 0 Å². The molecule has 5 nitrogen and oxygen atoms in total. The van der Waals surface area contributed by atoms with E-state index in [9.17, 15) is 45.2 Å². The minimum absolute atomic E-state index is 0.491. The molecule has 1 heterocycles. The van der Waals surface area contributed by atoms with Gasteiger partial charge in [-0.05, 0) is 0 Å². The number of ether oxygens (including phenoxy) is 1. The Morgan fingerprint density at radius 3 is 2.05 bits per heavy atom. The molecular formula is C8H2F8N2O3. The fourth-order valence-electron chi connectivity index (χ4n) is 1.20. The lowest BCUT2D eigenvalue weighted by Crippen LogP contribution is -2.22. The first-order valence-corrected chi connectivity index (χ1v) is 4.63. The zero-order valence-corrected chi connectivity index (χ0v) is 9.30. The number of hydrogen-bond donors (Lipinski definition) is 0. The van der Waals surface area contributed by atoms with Crippen LogP contribution in [0.1, 0.15) is 17.7 Å². The summed E-state index contributed by atoms with van der Waals surface area (Å²) in [4.78, 5) is 11.1. The van der Waals surface area contributed by atoms with Crippen LogP contribution >= 0.6 is 0 Å². The van der Waals surface area contributed by atoms with E-state index in [-0.39, 0.29) is 0 Å². The molecule has 0 saturated heterocycles. The summed E-state index contributed by atoms with van der Waals surface area (Å²) in [6.45, 7) is 0. The molecule has 1 aromatic heterocycles. The van der Waals surface area contributed by atoms with E-state index in [1.165, 1.54) is 0 Å². The highest BCUT2D eigenvalue weighted by atomic mass is 19.4. The summed E-state index contributed by atoms with van der Waals surface area (Å²) in [6.07, 6.45) is -15.0. The highest BCUT2D eigenvalue weighted by molar-refractivity contribution is 5.45. The Bertz CT molecular complexity index is 554. The topological polar surface area (TPSA) is 65.3 Å². The Labute approximate surface area is 109 Å². The number of nitrogens with zero attached hydrogens (tertiary/aromatic N) is 2. The molecule has 0 aliphatic heterocycles. The van der Waals surface area contributed by atoms with Gasteiger partial charge in [0, 0.05) is 6.07 Å². The van der Waals surface area contributed by atoms with Crippen LogP contribution < -0.4 is 4.74 Å². The van der Waals surface area contributed by atoms with Gasteiger partial charge in [0.1, 0.15) is 5.56 Å². The third kappa shape index (κ3) is 4.13.